The molecule has 1 aromatic rings. The molecule has 3 heterocycles. The number of urea groups is 1. The Bertz CT molecular complexity index is 602. The topological polar surface area (TPSA) is 100 Å². The largest absolute Gasteiger partial charge is 0.339 e. The van der Waals surface area contributed by atoms with Crippen LogP contribution in [0.25, 0.3) is 0 Å². The van der Waals surface area contributed by atoms with Crippen molar-refractivity contribution < 1.29 is 14.1 Å². The lowest BCUT2D eigenvalue weighted by atomic mass is 9.80. The number of nitrogens with zero attached hydrogens (tertiary/aromatic N) is 3. The third kappa shape index (κ3) is 3.21. The third-order valence-corrected chi connectivity index (χ3v) is 4.73. The molecule has 2 aliphatic rings. The molecule has 2 aliphatic heterocycles. The molecule has 2 saturated heterocycles. The summed E-state index contributed by atoms with van der Waals surface area (Å²) in [5.74, 6) is 1.19. The van der Waals surface area contributed by atoms with Crippen molar-refractivity contribution in [3.63, 3.8) is 0 Å². The lowest BCUT2D eigenvalue weighted by Crippen LogP contribution is -2.55. The zero-order valence-corrected chi connectivity index (χ0v) is 13.6. The number of aryl methyl sites for hydroxylation is 1. The predicted octanol–water partition coefficient (Wildman–Crippen LogP) is 0.832. The second kappa shape index (κ2) is 6.27. The molecule has 0 aliphatic carbocycles. The van der Waals surface area contributed by atoms with E-state index in [0.717, 1.165) is 38.8 Å². The summed E-state index contributed by atoms with van der Waals surface area (Å²) in [6.07, 6.45) is 3.65. The first-order valence-corrected chi connectivity index (χ1v) is 8.18. The van der Waals surface area contributed by atoms with Gasteiger partial charge in [-0.1, -0.05) is 12.1 Å². The number of nitrogens with one attached hydrogen (secondary N) is 2. The van der Waals surface area contributed by atoms with Gasteiger partial charge in [-0.15, -0.1) is 0 Å². The minimum atomic E-state index is -0.833. The van der Waals surface area contributed by atoms with Crippen LogP contribution in [0.2, 0.25) is 0 Å². The minimum Gasteiger partial charge on any atom is -0.339 e. The van der Waals surface area contributed by atoms with E-state index >= 15 is 0 Å². The molecule has 8 heteroatoms. The van der Waals surface area contributed by atoms with Crippen molar-refractivity contribution in [3.8, 4) is 0 Å². The first-order chi connectivity index (χ1) is 11.0. The van der Waals surface area contributed by atoms with Gasteiger partial charge in [0.15, 0.2) is 5.82 Å². The van der Waals surface area contributed by atoms with E-state index in [9.17, 15) is 9.59 Å². The molecule has 0 saturated carbocycles. The van der Waals surface area contributed by atoms with Gasteiger partial charge >= 0.3 is 6.03 Å². The second-order valence-corrected chi connectivity index (χ2v) is 6.54. The van der Waals surface area contributed by atoms with E-state index < -0.39 is 11.6 Å². The molecule has 3 rings (SSSR count). The van der Waals surface area contributed by atoms with Crippen LogP contribution in [0.5, 0.6) is 0 Å². The highest BCUT2D eigenvalue weighted by Crippen LogP contribution is 2.30. The normalized spacial score (nSPS) is 28.7. The van der Waals surface area contributed by atoms with Crippen LogP contribution in [0.3, 0.4) is 0 Å². The summed E-state index contributed by atoms with van der Waals surface area (Å²) in [6, 6.07) is -0.406. The highest BCUT2D eigenvalue weighted by atomic mass is 16.5. The van der Waals surface area contributed by atoms with Gasteiger partial charge in [0.1, 0.15) is 5.54 Å². The molecule has 0 spiro atoms. The van der Waals surface area contributed by atoms with E-state index in [1.165, 1.54) is 0 Å². The van der Waals surface area contributed by atoms with Gasteiger partial charge < -0.3 is 9.84 Å². The van der Waals surface area contributed by atoms with Crippen LogP contribution in [-0.4, -0.2) is 45.6 Å². The Balaban J connectivity index is 1.64. The van der Waals surface area contributed by atoms with Crippen molar-refractivity contribution in [2.75, 3.05) is 13.1 Å². The number of carbonyl (C=O) groups excluding carboxylic acids is 2. The Labute approximate surface area is 135 Å². The van der Waals surface area contributed by atoms with E-state index in [1.54, 1.807) is 6.92 Å². The van der Waals surface area contributed by atoms with Gasteiger partial charge in [-0.05, 0) is 32.7 Å². The lowest BCUT2D eigenvalue weighted by molar-refractivity contribution is -0.126. The van der Waals surface area contributed by atoms with E-state index in [1.807, 2.05) is 0 Å². The summed E-state index contributed by atoms with van der Waals surface area (Å²) in [5, 5.41) is 9.14. The molecule has 0 radical (unpaired) electrons. The third-order valence-electron chi connectivity index (χ3n) is 4.73. The number of imide groups is 1. The number of amides is 3. The van der Waals surface area contributed by atoms with Crippen molar-refractivity contribution in [1.29, 1.82) is 0 Å². The van der Waals surface area contributed by atoms with Crippen LogP contribution in [0.4, 0.5) is 4.79 Å². The second-order valence-electron chi connectivity index (χ2n) is 6.54. The molecule has 2 N–H and O–H groups in total. The van der Waals surface area contributed by atoms with Crippen LogP contribution in [0.15, 0.2) is 4.52 Å². The van der Waals surface area contributed by atoms with Crippen LogP contribution >= 0.6 is 0 Å². The summed E-state index contributed by atoms with van der Waals surface area (Å²) in [7, 11) is 0. The molecule has 0 bridgehead atoms. The fourth-order valence-electron chi connectivity index (χ4n) is 3.38. The molecule has 3 amide bonds. The minimum absolute atomic E-state index is 0.0738. The summed E-state index contributed by atoms with van der Waals surface area (Å²) < 4.78 is 5.22. The van der Waals surface area contributed by atoms with E-state index in [-0.39, 0.29) is 11.8 Å². The van der Waals surface area contributed by atoms with Gasteiger partial charge in [0.05, 0.1) is 6.54 Å². The first-order valence-electron chi connectivity index (χ1n) is 8.18. The van der Waals surface area contributed by atoms with Crippen LogP contribution in [0.1, 0.15) is 44.8 Å². The molecule has 2 atom stereocenters. The lowest BCUT2D eigenvalue weighted by Gasteiger charge is -2.39. The van der Waals surface area contributed by atoms with E-state index in [0.29, 0.717) is 18.3 Å². The molecule has 0 unspecified atom stereocenters. The predicted molar refractivity (Wildman–Crippen MR) is 81.4 cm³/mol. The summed E-state index contributed by atoms with van der Waals surface area (Å²) in [6.45, 7) is 6.13. The molecule has 1 aromatic heterocycles. The Morgan fingerprint density at radius 1 is 1.43 bits per heavy atom. The van der Waals surface area contributed by atoms with Gasteiger partial charge in [0, 0.05) is 18.9 Å². The van der Waals surface area contributed by atoms with Gasteiger partial charge in [0.2, 0.25) is 5.89 Å². The number of piperidine rings is 1. The molecule has 2 fully saturated rings. The maximum absolute atomic E-state index is 12.1. The molecular formula is C15H23N5O3. The van der Waals surface area contributed by atoms with Crippen molar-refractivity contribution in [3.05, 3.63) is 11.7 Å². The van der Waals surface area contributed by atoms with Gasteiger partial charge in [-0.2, -0.15) is 4.98 Å². The van der Waals surface area contributed by atoms with Crippen LogP contribution < -0.4 is 10.6 Å². The number of likely N-dealkylation sites (tertiary alicyclic amines) is 1. The maximum Gasteiger partial charge on any atom is 0.322 e. The molecular weight excluding hydrogens is 298 g/mol. The van der Waals surface area contributed by atoms with E-state index in [4.69, 9.17) is 4.52 Å². The van der Waals surface area contributed by atoms with Gasteiger partial charge in [-0.25, -0.2) is 4.79 Å². The maximum atomic E-state index is 12.1. The summed E-state index contributed by atoms with van der Waals surface area (Å²) in [5.41, 5.74) is -0.833. The fraction of sp³-hybridized carbons (Fsp3) is 0.733. The highest BCUT2D eigenvalue weighted by Gasteiger charge is 2.48. The Hall–Kier alpha value is -1.96. The molecule has 8 nitrogen and oxygen atoms in total. The van der Waals surface area contributed by atoms with Crippen molar-refractivity contribution in [2.45, 2.75) is 51.6 Å². The summed E-state index contributed by atoms with van der Waals surface area (Å²) >= 11 is 0. The highest BCUT2D eigenvalue weighted by molar-refractivity contribution is 6.06. The Morgan fingerprint density at radius 2 is 2.26 bits per heavy atom. The van der Waals surface area contributed by atoms with E-state index in [2.05, 4.69) is 32.6 Å². The van der Waals surface area contributed by atoms with Gasteiger partial charge in [0.25, 0.3) is 5.91 Å². The number of hydrogen-bond donors (Lipinski definition) is 2. The van der Waals surface area contributed by atoms with Crippen LogP contribution in [-0.2, 0) is 17.8 Å². The van der Waals surface area contributed by atoms with Gasteiger partial charge in [-0.3, -0.25) is 15.0 Å². The number of hydrogen-bond acceptors (Lipinski definition) is 6. The van der Waals surface area contributed by atoms with Crippen molar-refractivity contribution >= 4 is 11.9 Å². The number of carbonyl (C=O) groups is 2. The molecule has 23 heavy (non-hydrogen) atoms. The monoisotopic (exact) mass is 321 g/mol. The van der Waals surface area contributed by atoms with Crippen molar-refractivity contribution in [1.82, 2.24) is 25.7 Å². The van der Waals surface area contributed by atoms with Crippen molar-refractivity contribution in [2.24, 2.45) is 5.92 Å². The zero-order chi connectivity index (χ0) is 16.4. The molecule has 0 aromatic carbocycles. The molecule has 126 valence electrons. The number of aromatic nitrogens is 2. The summed E-state index contributed by atoms with van der Waals surface area (Å²) in [4.78, 5) is 30.2. The SMILES string of the molecule is CCCc1nc(CN2CCC[C@@H]([C@@]3(C)NC(=O)NC3=O)C2)no1. The first kappa shape index (κ1) is 15.9. The average molecular weight is 321 g/mol. The average Bonchev–Trinajstić information content (AvgIpc) is 3.05. The number of rotatable bonds is 5. The fourth-order valence-corrected chi connectivity index (χ4v) is 3.38. The zero-order valence-electron chi connectivity index (χ0n) is 13.6. The standard InChI is InChI=1S/C15H23N5O3/c1-3-5-12-16-11(19-23-12)9-20-7-4-6-10(8-20)15(2)13(21)17-14(22)18-15/h10H,3-9H2,1-2H3,(H2,17,18,21,22)/t10-,15-/m1/s1. The Kier molecular flexibility index (Phi) is 4.34. The smallest absolute Gasteiger partial charge is 0.322 e. The quantitative estimate of drug-likeness (QED) is 0.779. The Morgan fingerprint density at radius 3 is 2.96 bits per heavy atom. The van der Waals surface area contributed by atoms with Crippen LogP contribution in [0, 0.1) is 5.92 Å².